The number of hydrogen-bond acceptors (Lipinski definition) is 3. The van der Waals surface area contributed by atoms with Gasteiger partial charge in [0.05, 0.1) is 12.2 Å². The van der Waals surface area contributed by atoms with E-state index >= 15 is 0 Å². The summed E-state index contributed by atoms with van der Waals surface area (Å²) in [6, 6.07) is 9.93. The summed E-state index contributed by atoms with van der Waals surface area (Å²) >= 11 is 0. The first-order chi connectivity index (χ1) is 11.3. The molecule has 0 aliphatic carbocycles. The summed E-state index contributed by atoms with van der Waals surface area (Å²) in [6.07, 6.45) is 1.70. The third-order valence-electron chi connectivity index (χ3n) is 5.35. The molecule has 128 valence electrons. The first-order valence-corrected chi connectivity index (χ1v) is 8.33. The van der Waals surface area contributed by atoms with Crippen LogP contribution in [0.4, 0.5) is 0 Å². The monoisotopic (exact) mass is 326 g/mol. The average molecular weight is 326 g/mol. The fourth-order valence-electron chi connectivity index (χ4n) is 2.97. The fourth-order valence-corrected chi connectivity index (χ4v) is 2.97. The molecule has 3 rings (SSSR count). The van der Waals surface area contributed by atoms with Crippen LogP contribution in [0.1, 0.15) is 33.4 Å². The molecule has 2 heterocycles. The minimum atomic E-state index is 0.0772. The Morgan fingerprint density at radius 2 is 1.96 bits per heavy atom. The molecule has 1 aliphatic rings. The number of oxazole rings is 1. The predicted octanol–water partition coefficient (Wildman–Crippen LogP) is 3.54. The Balaban J connectivity index is 1.65. The fraction of sp³-hybridized carbons (Fsp3) is 0.474. The highest BCUT2D eigenvalue weighted by atomic mass is 16.3. The summed E-state index contributed by atoms with van der Waals surface area (Å²) in [5, 5.41) is 3.40. The van der Waals surface area contributed by atoms with Gasteiger partial charge in [-0.1, -0.05) is 32.0 Å². The molecule has 0 amide bonds. The van der Waals surface area contributed by atoms with E-state index in [1.165, 1.54) is 0 Å². The molecular weight excluding hydrogens is 300 g/mol. The molecule has 1 aromatic heterocycles. The molecule has 0 spiro atoms. The molecule has 5 nitrogen and oxygen atoms in total. The van der Waals surface area contributed by atoms with Gasteiger partial charge in [0.1, 0.15) is 6.26 Å². The van der Waals surface area contributed by atoms with Crippen molar-refractivity contribution in [3.8, 4) is 11.5 Å². The maximum absolute atomic E-state index is 5.59. The average Bonchev–Trinajstić information content (AvgIpc) is 3.04. The van der Waals surface area contributed by atoms with E-state index in [1.807, 2.05) is 37.4 Å². The van der Waals surface area contributed by atoms with Crippen LogP contribution in [0.3, 0.4) is 0 Å². The largest absolute Gasteiger partial charge is 0.444 e. The van der Waals surface area contributed by atoms with E-state index in [2.05, 4.69) is 47.9 Å². The summed E-state index contributed by atoms with van der Waals surface area (Å²) in [6.45, 7) is 10.7. The lowest BCUT2D eigenvalue weighted by Crippen LogP contribution is -2.72. The highest BCUT2D eigenvalue weighted by molar-refractivity contribution is 5.81. The van der Waals surface area contributed by atoms with E-state index in [4.69, 9.17) is 4.42 Å². The van der Waals surface area contributed by atoms with Crippen molar-refractivity contribution >= 4 is 5.96 Å². The Bertz CT molecular complexity index is 731. The number of nitrogens with zero attached hydrogens (tertiary/aromatic N) is 3. The molecule has 1 fully saturated rings. The van der Waals surface area contributed by atoms with Crippen LogP contribution in [0.2, 0.25) is 0 Å². The number of aliphatic imine (C=N–C) groups is 1. The minimum Gasteiger partial charge on any atom is -0.444 e. The summed E-state index contributed by atoms with van der Waals surface area (Å²) in [7, 11) is 1.82. The SMILES string of the molecule is CN=C(NCc1coc(-c2ccccc2)n1)N1CC(C)(C)C1(C)C. The molecule has 24 heavy (non-hydrogen) atoms. The minimum absolute atomic E-state index is 0.0772. The van der Waals surface area contributed by atoms with Gasteiger partial charge in [0.25, 0.3) is 0 Å². The van der Waals surface area contributed by atoms with Gasteiger partial charge >= 0.3 is 0 Å². The van der Waals surface area contributed by atoms with Gasteiger partial charge in [-0.25, -0.2) is 4.98 Å². The lowest BCUT2D eigenvalue weighted by Gasteiger charge is -2.62. The van der Waals surface area contributed by atoms with Crippen LogP contribution in [0, 0.1) is 5.41 Å². The zero-order valence-electron chi connectivity index (χ0n) is 15.1. The van der Waals surface area contributed by atoms with Gasteiger partial charge < -0.3 is 14.6 Å². The highest BCUT2D eigenvalue weighted by Gasteiger charge is 2.53. The van der Waals surface area contributed by atoms with Crippen LogP contribution in [-0.2, 0) is 6.54 Å². The van der Waals surface area contributed by atoms with Gasteiger partial charge in [-0.05, 0) is 26.0 Å². The summed E-state index contributed by atoms with van der Waals surface area (Å²) in [5.74, 6) is 1.55. The number of aromatic nitrogens is 1. The van der Waals surface area contributed by atoms with Gasteiger partial charge in [-0.15, -0.1) is 0 Å². The van der Waals surface area contributed by atoms with E-state index in [-0.39, 0.29) is 11.0 Å². The molecule has 2 aromatic rings. The molecule has 5 heteroatoms. The van der Waals surface area contributed by atoms with Gasteiger partial charge in [0.2, 0.25) is 5.89 Å². The second-order valence-electron chi connectivity index (χ2n) is 7.44. The highest BCUT2D eigenvalue weighted by Crippen LogP contribution is 2.46. The maximum atomic E-state index is 5.59. The molecule has 0 atom stereocenters. The Hall–Kier alpha value is -2.30. The summed E-state index contributed by atoms with van der Waals surface area (Å²) < 4.78 is 5.59. The molecule has 0 radical (unpaired) electrons. The van der Waals surface area contributed by atoms with Crippen molar-refractivity contribution in [2.75, 3.05) is 13.6 Å². The molecule has 1 aliphatic heterocycles. The lowest BCUT2D eigenvalue weighted by atomic mass is 9.65. The Labute approximate surface area is 143 Å². The zero-order valence-corrected chi connectivity index (χ0v) is 15.1. The number of guanidine groups is 1. The molecular formula is C19H26N4O. The molecule has 1 saturated heterocycles. The second kappa shape index (κ2) is 5.96. The van der Waals surface area contributed by atoms with E-state index in [0.717, 1.165) is 23.8 Å². The molecule has 0 bridgehead atoms. The van der Waals surface area contributed by atoms with Gasteiger partial charge in [0, 0.05) is 30.1 Å². The maximum Gasteiger partial charge on any atom is 0.226 e. The summed E-state index contributed by atoms with van der Waals surface area (Å²) in [5.41, 5.74) is 2.21. The Morgan fingerprint density at radius 3 is 2.54 bits per heavy atom. The van der Waals surface area contributed by atoms with Crippen molar-refractivity contribution in [1.29, 1.82) is 0 Å². The van der Waals surface area contributed by atoms with Crippen molar-refractivity contribution < 1.29 is 4.42 Å². The standard InChI is InChI=1S/C19H26N4O/c1-18(2)13-23(19(18,3)4)17(20-5)21-11-15-12-24-16(22-15)14-9-7-6-8-10-14/h6-10,12H,11,13H2,1-5H3,(H,20,21). The van der Waals surface area contributed by atoms with Crippen LogP contribution in [-0.4, -0.2) is 35.0 Å². The number of nitrogens with one attached hydrogen (secondary N) is 1. The van der Waals surface area contributed by atoms with Crippen LogP contribution in [0.25, 0.3) is 11.5 Å². The first-order valence-electron chi connectivity index (χ1n) is 8.33. The van der Waals surface area contributed by atoms with Crippen molar-refractivity contribution in [2.45, 2.75) is 39.8 Å². The van der Waals surface area contributed by atoms with Crippen LogP contribution in [0.15, 0.2) is 46.0 Å². The third kappa shape index (κ3) is 2.79. The van der Waals surface area contributed by atoms with Crippen LogP contribution < -0.4 is 5.32 Å². The van der Waals surface area contributed by atoms with E-state index in [0.29, 0.717) is 12.4 Å². The lowest BCUT2D eigenvalue weighted by molar-refractivity contribution is -0.0668. The number of rotatable bonds is 3. The van der Waals surface area contributed by atoms with E-state index in [9.17, 15) is 0 Å². The van der Waals surface area contributed by atoms with Gasteiger partial charge in [-0.2, -0.15) is 0 Å². The number of likely N-dealkylation sites (tertiary alicyclic amines) is 1. The molecule has 0 saturated carbocycles. The topological polar surface area (TPSA) is 53.7 Å². The second-order valence-corrected chi connectivity index (χ2v) is 7.44. The molecule has 1 aromatic carbocycles. The van der Waals surface area contributed by atoms with Crippen molar-refractivity contribution in [1.82, 2.24) is 15.2 Å². The Kier molecular flexibility index (Phi) is 4.11. The molecule has 1 N–H and O–H groups in total. The predicted molar refractivity (Wildman–Crippen MR) is 96.7 cm³/mol. The van der Waals surface area contributed by atoms with Crippen LogP contribution in [0.5, 0.6) is 0 Å². The Morgan fingerprint density at radius 1 is 1.25 bits per heavy atom. The number of benzene rings is 1. The van der Waals surface area contributed by atoms with Gasteiger partial charge in [0.15, 0.2) is 5.96 Å². The smallest absolute Gasteiger partial charge is 0.226 e. The van der Waals surface area contributed by atoms with E-state index < -0.39 is 0 Å². The zero-order chi connectivity index (χ0) is 17.4. The van der Waals surface area contributed by atoms with Crippen molar-refractivity contribution in [3.05, 3.63) is 42.3 Å². The normalized spacial score (nSPS) is 19.0. The van der Waals surface area contributed by atoms with Crippen LogP contribution >= 0.6 is 0 Å². The van der Waals surface area contributed by atoms with Crippen molar-refractivity contribution in [3.63, 3.8) is 0 Å². The van der Waals surface area contributed by atoms with Gasteiger partial charge in [-0.3, -0.25) is 4.99 Å². The summed E-state index contributed by atoms with van der Waals surface area (Å²) in [4.78, 5) is 11.3. The first kappa shape index (κ1) is 16.6. The number of hydrogen-bond donors (Lipinski definition) is 1. The van der Waals surface area contributed by atoms with Crippen molar-refractivity contribution in [2.24, 2.45) is 10.4 Å². The quantitative estimate of drug-likeness (QED) is 0.692. The third-order valence-corrected chi connectivity index (χ3v) is 5.35. The van der Waals surface area contributed by atoms with E-state index in [1.54, 1.807) is 6.26 Å². The molecule has 0 unspecified atom stereocenters.